The Morgan fingerprint density at radius 1 is 1.86 bits per heavy atom. The summed E-state index contributed by atoms with van der Waals surface area (Å²) >= 11 is 0. The lowest BCUT2D eigenvalue weighted by atomic mass is 10.1. The van der Waals surface area contributed by atoms with Crippen molar-refractivity contribution in [2.45, 2.75) is 19.8 Å². The molecule has 7 heavy (non-hydrogen) atoms. The lowest BCUT2D eigenvalue weighted by Crippen LogP contribution is -1.87. The van der Waals surface area contributed by atoms with E-state index in [0.29, 0.717) is 5.92 Å². The van der Waals surface area contributed by atoms with E-state index >= 15 is 0 Å². The average molecular weight is 96.1 g/mol. The number of carbonyl (C=O) groups is 1. The van der Waals surface area contributed by atoms with E-state index in [1.165, 1.54) is 0 Å². The van der Waals surface area contributed by atoms with Crippen LogP contribution in [0, 0.1) is 12.3 Å². The summed E-state index contributed by atoms with van der Waals surface area (Å²) in [6.07, 6.45) is 4.33. The van der Waals surface area contributed by atoms with E-state index in [1.54, 1.807) is 0 Å². The number of Topliss-reactive ketones (excluding diaryl/α,β-unsaturated/α-hetero) is 1. The molecular weight excluding hydrogens is 88.1 g/mol. The molecule has 1 atom stereocenters. The number of hydrogen-bond acceptors (Lipinski definition) is 1. The second-order valence-corrected chi connectivity index (χ2v) is 2.11. The fraction of sp³-hybridized carbons (Fsp3) is 0.667. The molecule has 0 heterocycles. The van der Waals surface area contributed by atoms with Gasteiger partial charge in [0.05, 0.1) is 6.42 Å². The zero-order valence-electron chi connectivity index (χ0n) is 4.40. The fourth-order valence-electron chi connectivity index (χ4n) is 0.749. The lowest BCUT2D eigenvalue weighted by Gasteiger charge is -1.89. The second-order valence-electron chi connectivity index (χ2n) is 2.11. The van der Waals surface area contributed by atoms with Gasteiger partial charge in [-0.15, -0.1) is 0 Å². The highest BCUT2D eigenvalue weighted by molar-refractivity contribution is 5.89. The van der Waals surface area contributed by atoms with Gasteiger partial charge >= 0.3 is 0 Å². The van der Waals surface area contributed by atoms with Crippen molar-refractivity contribution in [3.63, 3.8) is 0 Å². The smallest absolute Gasteiger partial charge is 0.141 e. The molecule has 0 N–H and O–H groups in total. The summed E-state index contributed by atoms with van der Waals surface area (Å²) in [6.45, 7) is 2.07. The zero-order valence-corrected chi connectivity index (χ0v) is 4.40. The Morgan fingerprint density at radius 2 is 2.57 bits per heavy atom. The molecule has 1 saturated carbocycles. The molecule has 1 unspecified atom stereocenters. The first-order valence-corrected chi connectivity index (χ1v) is 2.56. The van der Waals surface area contributed by atoms with Gasteiger partial charge in [-0.3, -0.25) is 4.79 Å². The minimum Gasteiger partial charge on any atom is -0.299 e. The quantitative estimate of drug-likeness (QED) is 0.440. The third-order valence-electron chi connectivity index (χ3n) is 1.18. The van der Waals surface area contributed by atoms with Crippen LogP contribution in [0.15, 0.2) is 0 Å². The molecule has 1 nitrogen and oxygen atoms in total. The molecule has 0 bridgehead atoms. The highest BCUT2D eigenvalue weighted by atomic mass is 16.1. The topological polar surface area (TPSA) is 17.1 Å². The normalized spacial score (nSPS) is 31.6. The third kappa shape index (κ3) is 1.02. The summed E-state index contributed by atoms with van der Waals surface area (Å²) in [4.78, 5) is 10.3. The Morgan fingerprint density at radius 3 is 2.71 bits per heavy atom. The molecule has 2 radical (unpaired) electrons. The van der Waals surface area contributed by atoms with Crippen LogP contribution < -0.4 is 0 Å². The largest absolute Gasteiger partial charge is 0.299 e. The molecule has 0 aromatic rings. The minimum absolute atomic E-state index is 0.201. The summed E-state index contributed by atoms with van der Waals surface area (Å²) in [6, 6.07) is 0. The predicted octanol–water partition coefficient (Wildman–Crippen LogP) is 1.07. The molecule has 0 saturated heterocycles. The van der Waals surface area contributed by atoms with Crippen molar-refractivity contribution in [1.29, 1.82) is 0 Å². The summed E-state index contributed by atoms with van der Waals surface area (Å²) in [7, 11) is 0. The maximum absolute atomic E-state index is 10.3. The SMILES string of the molecule is CC1C[C]C(=O)C1. The molecule has 1 aliphatic rings. The van der Waals surface area contributed by atoms with Gasteiger partial charge in [0, 0.05) is 6.42 Å². The van der Waals surface area contributed by atoms with Gasteiger partial charge < -0.3 is 0 Å². The van der Waals surface area contributed by atoms with Crippen LogP contribution in [0.3, 0.4) is 0 Å². The molecule has 0 aliphatic heterocycles. The summed E-state index contributed by atoms with van der Waals surface area (Å²) in [5.41, 5.74) is 0. The van der Waals surface area contributed by atoms with Gasteiger partial charge in [-0.25, -0.2) is 0 Å². The molecule has 0 spiro atoms. The van der Waals surface area contributed by atoms with Gasteiger partial charge in [0.1, 0.15) is 5.78 Å². The summed E-state index contributed by atoms with van der Waals surface area (Å²) in [5, 5.41) is 0. The van der Waals surface area contributed by atoms with Crippen LogP contribution in [0.1, 0.15) is 19.8 Å². The average Bonchev–Trinajstić information content (AvgIpc) is 1.87. The molecule has 1 heteroatoms. The van der Waals surface area contributed by atoms with Gasteiger partial charge in [0.25, 0.3) is 0 Å². The van der Waals surface area contributed by atoms with Crippen LogP contribution in [0.2, 0.25) is 0 Å². The lowest BCUT2D eigenvalue weighted by molar-refractivity contribution is -0.115. The Kier molecular flexibility index (Phi) is 1.13. The first kappa shape index (κ1) is 4.82. The van der Waals surface area contributed by atoms with Gasteiger partial charge in [0.2, 0.25) is 0 Å². The molecule has 1 aliphatic carbocycles. The molecule has 38 valence electrons. The molecule has 1 fully saturated rings. The van der Waals surface area contributed by atoms with Crippen molar-refractivity contribution >= 4 is 5.78 Å². The van der Waals surface area contributed by atoms with Gasteiger partial charge in [-0.05, 0) is 12.3 Å². The van der Waals surface area contributed by atoms with E-state index in [0.717, 1.165) is 12.8 Å². The highest BCUT2D eigenvalue weighted by Gasteiger charge is 2.17. The Balaban J connectivity index is 2.40. The molecule has 0 amide bonds. The van der Waals surface area contributed by atoms with E-state index in [2.05, 4.69) is 13.3 Å². The molecule has 0 aromatic carbocycles. The van der Waals surface area contributed by atoms with E-state index < -0.39 is 0 Å². The van der Waals surface area contributed by atoms with Crippen molar-refractivity contribution in [3.8, 4) is 0 Å². The van der Waals surface area contributed by atoms with Crippen molar-refractivity contribution in [3.05, 3.63) is 6.42 Å². The van der Waals surface area contributed by atoms with Crippen LogP contribution in [0.4, 0.5) is 0 Å². The van der Waals surface area contributed by atoms with E-state index in [1.807, 2.05) is 0 Å². The minimum atomic E-state index is 0.201. The van der Waals surface area contributed by atoms with Crippen molar-refractivity contribution in [2.75, 3.05) is 0 Å². The van der Waals surface area contributed by atoms with Crippen LogP contribution in [-0.2, 0) is 4.79 Å². The van der Waals surface area contributed by atoms with Crippen molar-refractivity contribution in [1.82, 2.24) is 0 Å². The van der Waals surface area contributed by atoms with Crippen molar-refractivity contribution in [2.24, 2.45) is 5.92 Å². The fourth-order valence-corrected chi connectivity index (χ4v) is 0.749. The number of ketones is 1. The van der Waals surface area contributed by atoms with Crippen LogP contribution in [-0.4, -0.2) is 5.78 Å². The van der Waals surface area contributed by atoms with Gasteiger partial charge in [-0.1, -0.05) is 6.92 Å². The highest BCUT2D eigenvalue weighted by Crippen LogP contribution is 2.18. The molecule has 0 aromatic heterocycles. The van der Waals surface area contributed by atoms with E-state index in [4.69, 9.17) is 0 Å². The Hall–Kier alpha value is -0.330. The summed E-state index contributed by atoms with van der Waals surface area (Å²) < 4.78 is 0. The summed E-state index contributed by atoms with van der Waals surface area (Å²) in [5.74, 6) is 0.764. The Labute approximate surface area is 43.7 Å². The monoisotopic (exact) mass is 96.1 g/mol. The molecular formula is C6H8O. The van der Waals surface area contributed by atoms with E-state index in [-0.39, 0.29) is 5.78 Å². The van der Waals surface area contributed by atoms with Crippen molar-refractivity contribution < 1.29 is 4.79 Å². The number of rotatable bonds is 0. The zero-order chi connectivity index (χ0) is 5.28. The maximum atomic E-state index is 10.3. The first-order chi connectivity index (χ1) is 3.29. The van der Waals surface area contributed by atoms with Crippen LogP contribution in [0.25, 0.3) is 0 Å². The second kappa shape index (κ2) is 1.65. The predicted molar refractivity (Wildman–Crippen MR) is 26.6 cm³/mol. The third-order valence-corrected chi connectivity index (χ3v) is 1.18. The van der Waals surface area contributed by atoms with Gasteiger partial charge in [0.15, 0.2) is 0 Å². The maximum Gasteiger partial charge on any atom is 0.141 e. The number of hydrogen-bond donors (Lipinski definition) is 0. The van der Waals surface area contributed by atoms with Gasteiger partial charge in [-0.2, -0.15) is 0 Å². The van der Waals surface area contributed by atoms with Crippen LogP contribution >= 0.6 is 0 Å². The molecule has 1 rings (SSSR count). The van der Waals surface area contributed by atoms with E-state index in [9.17, 15) is 4.79 Å². The standard InChI is InChI=1S/C6H8O/c1-5-2-3-6(7)4-5/h5H,2,4H2,1H3. The first-order valence-electron chi connectivity index (χ1n) is 2.56. The Bertz CT molecular complexity index is 86.2. The van der Waals surface area contributed by atoms with Crippen LogP contribution in [0.5, 0.6) is 0 Å². The number of carbonyl (C=O) groups excluding carboxylic acids is 1.